The quantitative estimate of drug-likeness (QED) is 0.844. The van der Waals surface area contributed by atoms with Gasteiger partial charge >= 0.3 is 0 Å². The summed E-state index contributed by atoms with van der Waals surface area (Å²) in [5.41, 5.74) is 3.19. The average Bonchev–Trinajstić information content (AvgIpc) is 3.30. The van der Waals surface area contributed by atoms with Crippen molar-refractivity contribution in [2.45, 2.75) is 51.1 Å². The molecule has 1 saturated heterocycles. The van der Waals surface area contributed by atoms with Crippen molar-refractivity contribution in [2.75, 3.05) is 20.1 Å². The standard InChI is InChI=1S/C20H26N4O2/c1-14-11-16(22-26-14)12-23(2)17-8-10-24(13-17)20(25)18-7-3-5-15-6-4-9-21-19(15)18/h4,6,9,11,17-18H,3,5,7-8,10,12-13H2,1-2H3. The molecule has 138 valence electrons. The summed E-state index contributed by atoms with van der Waals surface area (Å²) in [6.45, 7) is 4.26. The molecule has 0 radical (unpaired) electrons. The zero-order chi connectivity index (χ0) is 18.1. The van der Waals surface area contributed by atoms with Gasteiger partial charge in [0.1, 0.15) is 5.76 Å². The van der Waals surface area contributed by atoms with Crippen molar-refractivity contribution in [1.29, 1.82) is 0 Å². The van der Waals surface area contributed by atoms with Crippen molar-refractivity contribution in [2.24, 2.45) is 0 Å². The Morgan fingerprint density at radius 1 is 1.42 bits per heavy atom. The van der Waals surface area contributed by atoms with Gasteiger partial charge in [-0.25, -0.2) is 0 Å². The zero-order valence-corrected chi connectivity index (χ0v) is 15.5. The lowest BCUT2D eigenvalue weighted by molar-refractivity contribution is -0.132. The molecule has 1 aliphatic carbocycles. The lowest BCUT2D eigenvalue weighted by atomic mass is 9.86. The van der Waals surface area contributed by atoms with E-state index in [-0.39, 0.29) is 11.8 Å². The minimum atomic E-state index is -0.0674. The first kappa shape index (κ1) is 17.2. The van der Waals surface area contributed by atoms with Crippen LogP contribution in [0.1, 0.15) is 47.9 Å². The molecule has 2 atom stereocenters. The van der Waals surface area contributed by atoms with Gasteiger partial charge in [0.15, 0.2) is 0 Å². The predicted molar refractivity (Wildman–Crippen MR) is 97.6 cm³/mol. The van der Waals surface area contributed by atoms with Crippen molar-refractivity contribution >= 4 is 5.91 Å². The highest BCUT2D eigenvalue weighted by Crippen LogP contribution is 2.32. The van der Waals surface area contributed by atoms with Crippen LogP contribution in [0.4, 0.5) is 0 Å². The van der Waals surface area contributed by atoms with Crippen LogP contribution in [0.3, 0.4) is 0 Å². The van der Waals surface area contributed by atoms with E-state index >= 15 is 0 Å². The Hall–Kier alpha value is -2.21. The predicted octanol–water partition coefficient (Wildman–Crippen LogP) is 2.53. The molecule has 0 N–H and O–H groups in total. The second-order valence-electron chi connectivity index (χ2n) is 7.56. The van der Waals surface area contributed by atoms with Crippen molar-refractivity contribution in [3.63, 3.8) is 0 Å². The van der Waals surface area contributed by atoms with Crippen molar-refractivity contribution in [3.8, 4) is 0 Å². The second kappa shape index (κ2) is 7.19. The summed E-state index contributed by atoms with van der Waals surface area (Å²) in [7, 11) is 2.10. The molecule has 1 aliphatic heterocycles. The molecule has 1 amide bonds. The van der Waals surface area contributed by atoms with E-state index < -0.39 is 0 Å². The first-order valence-electron chi connectivity index (χ1n) is 9.47. The highest BCUT2D eigenvalue weighted by Gasteiger charge is 2.35. The van der Waals surface area contributed by atoms with Gasteiger partial charge < -0.3 is 9.42 Å². The van der Waals surface area contributed by atoms with Crippen LogP contribution in [0, 0.1) is 6.92 Å². The van der Waals surface area contributed by atoms with Crippen molar-refractivity contribution < 1.29 is 9.32 Å². The molecule has 2 unspecified atom stereocenters. The van der Waals surface area contributed by atoms with Crippen LogP contribution in [0.5, 0.6) is 0 Å². The first-order chi connectivity index (χ1) is 12.6. The van der Waals surface area contributed by atoms with E-state index in [1.807, 2.05) is 30.2 Å². The topological polar surface area (TPSA) is 62.5 Å². The van der Waals surface area contributed by atoms with E-state index in [2.05, 4.69) is 28.2 Å². The third-order valence-electron chi connectivity index (χ3n) is 5.68. The maximum atomic E-state index is 13.1. The smallest absolute Gasteiger partial charge is 0.231 e. The molecule has 2 aromatic heterocycles. The van der Waals surface area contributed by atoms with Gasteiger partial charge in [-0.2, -0.15) is 0 Å². The Labute approximate surface area is 154 Å². The van der Waals surface area contributed by atoms with Crippen LogP contribution in [0.25, 0.3) is 0 Å². The SMILES string of the molecule is Cc1cc(CN(C)C2CCN(C(=O)C3CCCc4cccnc43)C2)no1. The molecule has 1 fully saturated rings. The van der Waals surface area contributed by atoms with Crippen LogP contribution in [0.2, 0.25) is 0 Å². The fourth-order valence-corrected chi connectivity index (χ4v) is 4.25. The van der Waals surface area contributed by atoms with Gasteiger partial charge in [-0.3, -0.25) is 14.7 Å². The molecule has 2 aliphatic rings. The van der Waals surface area contributed by atoms with E-state index in [9.17, 15) is 4.79 Å². The summed E-state index contributed by atoms with van der Waals surface area (Å²) in [6.07, 6.45) is 5.83. The van der Waals surface area contributed by atoms with Gasteiger partial charge in [-0.15, -0.1) is 0 Å². The molecule has 3 heterocycles. The first-order valence-corrected chi connectivity index (χ1v) is 9.47. The minimum absolute atomic E-state index is 0.0674. The van der Waals surface area contributed by atoms with Crippen LogP contribution >= 0.6 is 0 Å². The van der Waals surface area contributed by atoms with Gasteiger partial charge in [-0.05, 0) is 51.3 Å². The van der Waals surface area contributed by atoms with Gasteiger partial charge in [0.25, 0.3) is 0 Å². The Morgan fingerprint density at radius 2 is 2.31 bits per heavy atom. The number of likely N-dealkylation sites (N-methyl/N-ethyl adjacent to an activating group) is 1. The average molecular weight is 354 g/mol. The fraction of sp³-hybridized carbons (Fsp3) is 0.550. The van der Waals surface area contributed by atoms with E-state index in [0.717, 1.165) is 62.5 Å². The van der Waals surface area contributed by atoms with Gasteiger partial charge in [0, 0.05) is 37.9 Å². The molecule has 0 aromatic carbocycles. The van der Waals surface area contributed by atoms with E-state index in [4.69, 9.17) is 4.52 Å². The number of hydrogen-bond donors (Lipinski definition) is 0. The number of aryl methyl sites for hydroxylation is 2. The lowest BCUT2D eigenvalue weighted by Gasteiger charge is -2.28. The normalized spacial score (nSPS) is 22.7. The minimum Gasteiger partial charge on any atom is -0.361 e. The molecule has 2 aromatic rings. The number of aromatic nitrogens is 2. The number of likely N-dealkylation sites (tertiary alicyclic amines) is 1. The molecule has 0 bridgehead atoms. The second-order valence-corrected chi connectivity index (χ2v) is 7.56. The summed E-state index contributed by atoms with van der Waals surface area (Å²) >= 11 is 0. The van der Waals surface area contributed by atoms with Gasteiger partial charge in [0.05, 0.1) is 17.3 Å². The molecule has 26 heavy (non-hydrogen) atoms. The number of rotatable bonds is 4. The Morgan fingerprint density at radius 3 is 3.12 bits per heavy atom. The summed E-state index contributed by atoms with van der Waals surface area (Å²) in [4.78, 5) is 22.0. The van der Waals surface area contributed by atoms with Crippen LogP contribution < -0.4 is 0 Å². The number of nitrogens with zero attached hydrogens (tertiary/aromatic N) is 4. The van der Waals surface area contributed by atoms with E-state index in [1.165, 1.54) is 5.56 Å². The summed E-state index contributed by atoms with van der Waals surface area (Å²) in [5.74, 6) is 1.01. The number of fused-ring (bicyclic) bond motifs is 1. The van der Waals surface area contributed by atoms with Crippen LogP contribution in [-0.4, -0.2) is 52.0 Å². The monoisotopic (exact) mass is 354 g/mol. The maximum absolute atomic E-state index is 13.1. The third kappa shape index (κ3) is 3.38. The largest absolute Gasteiger partial charge is 0.361 e. The zero-order valence-electron chi connectivity index (χ0n) is 15.5. The molecule has 4 rings (SSSR count). The number of hydrogen-bond acceptors (Lipinski definition) is 5. The molecule has 0 saturated carbocycles. The Bertz CT molecular complexity index is 788. The third-order valence-corrected chi connectivity index (χ3v) is 5.68. The Balaban J connectivity index is 1.40. The summed E-state index contributed by atoms with van der Waals surface area (Å²) < 4.78 is 5.15. The van der Waals surface area contributed by atoms with Crippen LogP contribution in [0.15, 0.2) is 28.9 Å². The highest BCUT2D eigenvalue weighted by molar-refractivity contribution is 5.84. The van der Waals surface area contributed by atoms with Crippen molar-refractivity contribution in [1.82, 2.24) is 19.9 Å². The molecule has 6 heteroatoms. The van der Waals surface area contributed by atoms with E-state index in [1.54, 1.807) is 0 Å². The van der Waals surface area contributed by atoms with Gasteiger partial charge in [-0.1, -0.05) is 11.2 Å². The number of pyridine rings is 1. The lowest BCUT2D eigenvalue weighted by Crippen LogP contribution is -2.39. The molecule has 6 nitrogen and oxygen atoms in total. The number of amides is 1. The Kier molecular flexibility index (Phi) is 4.76. The molecular formula is C20H26N4O2. The van der Waals surface area contributed by atoms with Crippen LogP contribution in [-0.2, 0) is 17.8 Å². The summed E-state index contributed by atoms with van der Waals surface area (Å²) in [5, 5.41) is 4.07. The fourth-order valence-electron chi connectivity index (χ4n) is 4.25. The molecule has 0 spiro atoms. The highest BCUT2D eigenvalue weighted by atomic mass is 16.5. The number of carbonyl (C=O) groups is 1. The number of carbonyl (C=O) groups excluding carboxylic acids is 1. The molecular weight excluding hydrogens is 328 g/mol. The van der Waals surface area contributed by atoms with E-state index in [0.29, 0.717) is 6.04 Å². The maximum Gasteiger partial charge on any atom is 0.231 e. The van der Waals surface area contributed by atoms with Crippen molar-refractivity contribution in [3.05, 3.63) is 47.1 Å². The van der Waals surface area contributed by atoms with Gasteiger partial charge in [0.2, 0.25) is 5.91 Å². The summed E-state index contributed by atoms with van der Waals surface area (Å²) in [6, 6.07) is 6.42.